The standard InChI is InChI=1S/C36H60O4/c1-3-5-23-29-34(30-25-20-16-12-10-14-18-22-27-32-36(39)40)33(4-2)28-24-19-15-11-8-6-7-9-13-17-21-26-31-35(37)38/h6,8,15-16,19-20,24-25,28,30,33-34H,3-5,7,9-14,17-18,21-23,26-27,29,31-32H2,1-2H3,(H,37,38)(H,39,40)/b8-6-,19-15-,20-16-,28-24-,30-25+. The van der Waals surface area contributed by atoms with Gasteiger partial charge in [0.25, 0.3) is 0 Å². The van der Waals surface area contributed by atoms with E-state index in [0.717, 1.165) is 64.2 Å². The number of hydrogen-bond donors (Lipinski definition) is 2. The van der Waals surface area contributed by atoms with Crippen molar-refractivity contribution >= 4 is 11.9 Å². The van der Waals surface area contributed by atoms with Gasteiger partial charge in [-0.2, -0.15) is 0 Å². The van der Waals surface area contributed by atoms with Gasteiger partial charge in [0.1, 0.15) is 0 Å². The van der Waals surface area contributed by atoms with Crippen LogP contribution in [0.25, 0.3) is 0 Å². The molecule has 40 heavy (non-hydrogen) atoms. The minimum Gasteiger partial charge on any atom is -0.481 e. The van der Waals surface area contributed by atoms with Crippen LogP contribution in [0, 0.1) is 11.8 Å². The Morgan fingerprint density at radius 1 is 0.550 bits per heavy atom. The van der Waals surface area contributed by atoms with Crippen molar-refractivity contribution in [1.82, 2.24) is 0 Å². The highest BCUT2D eigenvalue weighted by Crippen LogP contribution is 2.25. The SMILES string of the molecule is CCCCCC(/C=C/C=C\CCCCCCCC(=O)O)C(/C=C\C=C/C/C=C\CCCCCCCC(=O)O)CC. The van der Waals surface area contributed by atoms with Gasteiger partial charge in [0.15, 0.2) is 0 Å². The number of carboxylic acids is 2. The van der Waals surface area contributed by atoms with Crippen LogP contribution in [0.4, 0.5) is 0 Å². The molecule has 0 aliphatic carbocycles. The lowest BCUT2D eigenvalue weighted by atomic mass is 9.85. The lowest BCUT2D eigenvalue weighted by Crippen LogP contribution is -2.09. The summed E-state index contributed by atoms with van der Waals surface area (Å²) < 4.78 is 0. The van der Waals surface area contributed by atoms with Crippen LogP contribution in [-0.2, 0) is 9.59 Å². The summed E-state index contributed by atoms with van der Waals surface area (Å²) in [5, 5.41) is 17.3. The van der Waals surface area contributed by atoms with Gasteiger partial charge in [-0.25, -0.2) is 0 Å². The molecule has 0 fully saturated rings. The number of hydrogen-bond acceptors (Lipinski definition) is 2. The van der Waals surface area contributed by atoms with E-state index in [2.05, 4.69) is 74.6 Å². The smallest absolute Gasteiger partial charge is 0.303 e. The molecule has 228 valence electrons. The fraction of sp³-hybridized carbons (Fsp3) is 0.667. The third-order valence-electron chi connectivity index (χ3n) is 7.34. The van der Waals surface area contributed by atoms with Gasteiger partial charge >= 0.3 is 11.9 Å². The first-order valence-corrected chi connectivity index (χ1v) is 16.3. The molecule has 0 bridgehead atoms. The predicted octanol–water partition coefficient (Wildman–Crippen LogP) is 11.0. The van der Waals surface area contributed by atoms with Crippen molar-refractivity contribution in [1.29, 1.82) is 0 Å². The van der Waals surface area contributed by atoms with Crippen molar-refractivity contribution in [2.75, 3.05) is 0 Å². The van der Waals surface area contributed by atoms with Crippen LogP contribution in [0.1, 0.15) is 142 Å². The summed E-state index contributed by atoms with van der Waals surface area (Å²) in [5.74, 6) is -0.238. The van der Waals surface area contributed by atoms with E-state index in [9.17, 15) is 9.59 Å². The molecule has 4 heteroatoms. The van der Waals surface area contributed by atoms with E-state index < -0.39 is 11.9 Å². The highest BCUT2D eigenvalue weighted by atomic mass is 16.4. The highest BCUT2D eigenvalue weighted by molar-refractivity contribution is 5.66. The summed E-state index contributed by atoms with van der Waals surface area (Å²) >= 11 is 0. The highest BCUT2D eigenvalue weighted by Gasteiger charge is 2.14. The maximum atomic E-state index is 10.5. The molecule has 0 saturated heterocycles. The van der Waals surface area contributed by atoms with Crippen molar-refractivity contribution in [3.05, 3.63) is 60.8 Å². The molecular weight excluding hydrogens is 496 g/mol. The topological polar surface area (TPSA) is 74.6 Å². The molecule has 2 unspecified atom stereocenters. The van der Waals surface area contributed by atoms with Crippen LogP contribution in [-0.4, -0.2) is 22.2 Å². The van der Waals surface area contributed by atoms with E-state index in [1.165, 1.54) is 51.4 Å². The summed E-state index contributed by atoms with van der Waals surface area (Å²) in [7, 11) is 0. The van der Waals surface area contributed by atoms with E-state index >= 15 is 0 Å². The van der Waals surface area contributed by atoms with Crippen LogP contribution < -0.4 is 0 Å². The van der Waals surface area contributed by atoms with Crippen molar-refractivity contribution in [3.63, 3.8) is 0 Å². The van der Waals surface area contributed by atoms with Gasteiger partial charge in [-0.3, -0.25) is 9.59 Å². The zero-order valence-electron chi connectivity index (χ0n) is 25.8. The van der Waals surface area contributed by atoms with Gasteiger partial charge in [0.05, 0.1) is 0 Å². The number of rotatable bonds is 28. The minimum atomic E-state index is -0.685. The van der Waals surface area contributed by atoms with Crippen molar-refractivity contribution in [3.8, 4) is 0 Å². The summed E-state index contributed by atoms with van der Waals surface area (Å²) in [6, 6.07) is 0. The fourth-order valence-corrected chi connectivity index (χ4v) is 4.84. The van der Waals surface area contributed by atoms with Crippen LogP contribution in [0.3, 0.4) is 0 Å². The molecule has 0 heterocycles. The predicted molar refractivity (Wildman–Crippen MR) is 172 cm³/mol. The van der Waals surface area contributed by atoms with Gasteiger partial charge in [-0.15, -0.1) is 0 Å². The van der Waals surface area contributed by atoms with Gasteiger partial charge in [0, 0.05) is 12.8 Å². The van der Waals surface area contributed by atoms with E-state index in [1.807, 2.05) is 0 Å². The largest absolute Gasteiger partial charge is 0.481 e. The third-order valence-corrected chi connectivity index (χ3v) is 7.34. The van der Waals surface area contributed by atoms with Crippen molar-refractivity contribution in [2.24, 2.45) is 11.8 Å². The van der Waals surface area contributed by atoms with Crippen molar-refractivity contribution in [2.45, 2.75) is 142 Å². The first kappa shape index (κ1) is 37.6. The number of allylic oxidation sites excluding steroid dienone is 10. The molecule has 0 saturated carbocycles. The maximum Gasteiger partial charge on any atom is 0.303 e. The zero-order chi connectivity index (χ0) is 29.5. The van der Waals surface area contributed by atoms with Gasteiger partial charge < -0.3 is 10.2 Å². The van der Waals surface area contributed by atoms with Gasteiger partial charge in [-0.1, -0.05) is 132 Å². The third kappa shape index (κ3) is 27.2. The maximum absolute atomic E-state index is 10.5. The Balaban J connectivity index is 4.34. The van der Waals surface area contributed by atoms with E-state index in [-0.39, 0.29) is 0 Å². The molecule has 0 aromatic heterocycles. The molecule has 0 aromatic carbocycles. The zero-order valence-corrected chi connectivity index (χ0v) is 25.8. The number of carboxylic acid groups (broad SMARTS) is 2. The number of carbonyl (C=O) groups is 2. The average molecular weight is 557 g/mol. The quantitative estimate of drug-likeness (QED) is 0.0571. The second kappa shape index (κ2) is 29.6. The molecule has 4 nitrogen and oxygen atoms in total. The molecule has 0 aromatic rings. The van der Waals surface area contributed by atoms with Gasteiger partial charge in [-0.05, 0) is 69.6 Å². The number of aliphatic carboxylic acids is 2. The average Bonchev–Trinajstić information content (AvgIpc) is 2.93. The van der Waals surface area contributed by atoms with Crippen molar-refractivity contribution < 1.29 is 19.8 Å². The molecule has 2 atom stereocenters. The molecule has 0 radical (unpaired) electrons. The summed E-state index contributed by atoms with van der Waals surface area (Å²) in [4.78, 5) is 21.1. The molecule has 0 spiro atoms. The van der Waals surface area contributed by atoms with E-state index in [1.54, 1.807) is 0 Å². The molecule has 0 amide bonds. The Kier molecular flexibility index (Phi) is 27.9. The normalized spacial score (nSPS) is 13.9. The number of unbranched alkanes of at least 4 members (excludes halogenated alkanes) is 12. The van der Waals surface area contributed by atoms with E-state index in [0.29, 0.717) is 24.7 Å². The summed E-state index contributed by atoms with van der Waals surface area (Å²) in [6.45, 7) is 4.56. The second-order valence-electron chi connectivity index (χ2n) is 11.0. The lowest BCUT2D eigenvalue weighted by Gasteiger charge is -2.20. The Morgan fingerprint density at radius 3 is 1.65 bits per heavy atom. The minimum absolute atomic E-state index is 0.299. The Bertz CT molecular complexity index is 744. The molecule has 0 rings (SSSR count). The Morgan fingerprint density at radius 2 is 1.07 bits per heavy atom. The van der Waals surface area contributed by atoms with E-state index in [4.69, 9.17) is 10.2 Å². The van der Waals surface area contributed by atoms with Crippen LogP contribution in [0.2, 0.25) is 0 Å². The summed E-state index contributed by atoms with van der Waals surface area (Å²) in [6.07, 6.45) is 43.3. The second-order valence-corrected chi connectivity index (χ2v) is 11.0. The first-order chi connectivity index (χ1) is 19.5. The molecule has 0 aliphatic rings. The summed E-state index contributed by atoms with van der Waals surface area (Å²) in [5.41, 5.74) is 0. The molecule has 2 N–H and O–H groups in total. The molecule has 0 aliphatic heterocycles. The Labute approximate surface area is 246 Å². The monoisotopic (exact) mass is 556 g/mol. The lowest BCUT2D eigenvalue weighted by molar-refractivity contribution is -0.138. The van der Waals surface area contributed by atoms with Crippen LogP contribution in [0.15, 0.2) is 60.8 Å². The first-order valence-electron chi connectivity index (χ1n) is 16.3. The van der Waals surface area contributed by atoms with Crippen LogP contribution >= 0.6 is 0 Å². The van der Waals surface area contributed by atoms with Gasteiger partial charge in [0.2, 0.25) is 0 Å². The Hall–Kier alpha value is -2.36. The fourth-order valence-electron chi connectivity index (χ4n) is 4.84. The molecular formula is C36H60O4. The van der Waals surface area contributed by atoms with Crippen LogP contribution in [0.5, 0.6) is 0 Å².